The first-order valence-corrected chi connectivity index (χ1v) is 10.1. The molecule has 138 valence electrons. The first-order chi connectivity index (χ1) is 11.9. The van der Waals surface area contributed by atoms with Crippen LogP contribution < -0.4 is 5.32 Å². The van der Waals surface area contributed by atoms with E-state index in [1.807, 2.05) is 13.8 Å². The van der Waals surface area contributed by atoms with E-state index in [1.165, 1.54) is 16.4 Å². The number of carbonyl (C=O) groups excluding carboxylic acids is 1. The van der Waals surface area contributed by atoms with Crippen LogP contribution in [0.2, 0.25) is 0 Å². The SMILES string of the molecule is CC1CN(S(=O)(=O)c2ccc(C(=O)N3CCNCC3)cc2)CC(C)O1. The quantitative estimate of drug-likeness (QED) is 0.843. The van der Waals surface area contributed by atoms with Gasteiger partial charge in [-0.2, -0.15) is 4.31 Å². The number of benzene rings is 1. The van der Waals surface area contributed by atoms with Gasteiger partial charge in [-0.15, -0.1) is 0 Å². The molecule has 2 saturated heterocycles. The van der Waals surface area contributed by atoms with Crippen LogP contribution in [0.1, 0.15) is 24.2 Å². The summed E-state index contributed by atoms with van der Waals surface area (Å²) in [6.45, 7) is 7.32. The number of carbonyl (C=O) groups is 1. The van der Waals surface area contributed by atoms with Crippen molar-refractivity contribution in [1.82, 2.24) is 14.5 Å². The van der Waals surface area contributed by atoms with Crippen LogP contribution in [-0.4, -0.2) is 75.0 Å². The molecule has 1 amide bonds. The predicted molar refractivity (Wildman–Crippen MR) is 94.0 cm³/mol. The van der Waals surface area contributed by atoms with E-state index in [2.05, 4.69) is 5.32 Å². The van der Waals surface area contributed by atoms with E-state index in [0.29, 0.717) is 31.7 Å². The topological polar surface area (TPSA) is 79.0 Å². The molecule has 0 aliphatic carbocycles. The number of hydrogen-bond acceptors (Lipinski definition) is 5. The standard InChI is InChI=1S/C17H25N3O4S/c1-13-11-20(12-14(2)24-13)25(22,23)16-5-3-15(4-6-16)17(21)19-9-7-18-8-10-19/h3-6,13-14,18H,7-12H2,1-2H3. The molecule has 2 fully saturated rings. The van der Waals surface area contributed by atoms with Crippen LogP contribution >= 0.6 is 0 Å². The molecule has 0 bridgehead atoms. The van der Waals surface area contributed by atoms with Crippen LogP contribution in [0, 0.1) is 0 Å². The lowest BCUT2D eigenvalue weighted by atomic mass is 10.2. The van der Waals surface area contributed by atoms with Crippen molar-refractivity contribution in [2.45, 2.75) is 31.0 Å². The van der Waals surface area contributed by atoms with E-state index >= 15 is 0 Å². The summed E-state index contributed by atoms with van der Waals surface area (Å²) in [6, 6.07) is 6.25. The van der Waals surface area contributed by atoms with Crippen LogP contribution in [0.3, 0.4) is 0 Å². The number of nitrogens with one attached hydrogen (secondary N) is 1. The zero-order valence-corrected chi connectivity index (χ0v) is 15.5. The van der Waals surface area contributed by atoms with E-state index in [1.54, 1.807) is 17.0 Å². The predicted octanol–water partition coefficient (Wildman–Crippen LogP) is 0.530. The van der Waals surface area contributed by atoms with Crippen molar-refractivity contribution < 1.29 is 17.9 Å². The largest absolute Gasteiger partial charge is 0.373 e. The third-order valence-corrected chi connectivity index (χ3v) is 6.38. The number of morpholine rings is 1. The van der Waals surface area contributed by atoms with Crippen LogP contribution in [0.25, 0.3) is 0 Å². The van der Waals surface area contributed by atoms with Gasteiger partial charge in [0.2, 0.25) is 10.0 Å². The van der Waals surface area contributed by atoms with E-state index in [-0.39, 0.29) is 23.0 Å². The number of hydrogen-bond donors (Lipinski definition) is 1. The Balaban J connectivity index is 1.75. The highest BCUT2D eigenvalue weighted by molar-refractivity contribution is 7.89. The molecule has 25 heavy (non-hydrogen) atoms. The Morgan fingerprint density at radius 2 is 1.64 bits per heavy atom. The molecule has 2 aliphatic rings. The summed E-state index contributed by atoms with van der Waals surface area (Å²) in [5, 5.41) is 3.20. The summed E-state index contributed by atoms with van der Waals surface area (Å²) in [5.41, 5.74) is 0.518. The van der Waals surface area contributed by atoms with Crippen molar-refractivity contribution in [3.05, 3.63) is 29.8 Å². The van der Waals surface area contributed by atoms with Gasteiger partial charge in [0.25, 0.3) is 5.91 Å². The highest BCUT2D eigenvalue weighted by atomic mass is 32.2. The van der Waals surface area contributed by atoms with Gasteiger partial charge in [-0.05, 0) is 38.1 Å². The molecule has 2 unspecified atom stereocenters. The van der Waals surface area contributed by atoms with Gasteiger partial charge in [0.15, 0.2) is 0 Å². The lowest BCUT2D eigenvalue weighted by Crippen LogP contribution is -2.48. The van der Waals surface area contributed by atoms with E-state index in [0.717, 1.165) is 13.1 Å². The molecule has 0 aromatic heterocycles. The van der Waals surface area contributed by atoms with Gasteiger partial charge in [-0.25, -0.2) is 8.42 Å². The number of rotatable bonds is 3. The number of sulfonamides is 1. The van der Waals surface area contributed by atoms with Gasteiger partial charge in [0, 0.05) is 44.8 Å². The first-order valence-electron chi connectivity index (χ1n) is 8.63. The fourth-order valence-electron chi connectivity index (χ4n) is 3.30. The molecular weight excluding hydrogens is 342 g/mol. The lowest BCUT2D eigenvalue weighted by molar-refractivity contribution is -0.0440. The van der Waals surface area contributed by atoms with Crippen molar-refractivity contribution in [3.63, 3.8) is 0 Å². The average molecular weight is 367 g/mol. The number of piperazine rings is 1. The van der Waals surface area contributed by atoms with E-state index < -0.39 is 10.0 Å². The van der Waals surface area contributed by atoms with Gasteiger partial charge in [-0.1, -0.05) is 0 Å². The second-order valence-electron chi connectivity index (χ2n) is 6.65. The third kappa shape index (κ3) is 4.03. The minimum Gasteiger partial charge on any atom is -0.373 e. The van der Waals surface area contributed by atoms with Crippen molar-refractivity contribution in [2.24, 2.45) is 0 Å². The molecule has 1 aromatic carbocycles. The second-order valence-corrected chi connectivity index (χ2v) is 8.58. The van der Waals surface area contributed by atoms with Gasteiger partial charge in [0.05, 0.1) is 17.1 Å². The lowest BCUT2D eigenvalue weighted by Gasteiger charge is -2.34. The van der Waals surface area contributed by atoms with Gasteiger partial charge >= 0.3 is 0 Å². The van der Waals surface area contributed by atoms with Crippen molar-refractivity contribution in [1.29, 1.82) is 0 Å². The molecular formula is C17H25N3O4S. The summed E-state index contributed by atoms with van der Waals surface area (Å²) >= 11 is 0. The minimum absolute atomic E-state index is 0.0564. The van der Waals surface area contributed by atoms with E-state index in [4.69, 9.17) is 4.74 Å². The Labute approximate surface area is 149 Å². The maximum Gasteiger partial charge on any atom is 0.253 e. The molecule has 0 saturated carbocycles. The second kappa shape index (κ2) is 7.41. The van der Waals surface area contributed by atoms with Crippen molar-refractivity contribution >= 4 is 15.9 Å². The molecule has 0 spiro atoms. The fourth-order valence-corrected chi connectivity index (χ4v) is 4.89. The van der Waals surface area contributed by atoms with Crippen LogP contribution in [0.4, 0.5) is 0 Å². The maximum atomic E-state index is 12.8. The molecule has 3 rings (SSSR count). The zero-order valence-electron chi connectivity index (χ0n) is 14.6. The Kier molecular flexibility index (Phi) is 5.43. The molecule has 0 radical (unpaired) electrons. The number of ether oxygens (including phenoxy) is 1. The van der Waals surface area contributed by atoms with Gasteiger partial charge in [-0.3, -0.25) is 4.79 Å². The third-order valence-electron chi connectivity index (χ3n) is 4.53. The monoisotopic (exact) mass is 367 g/mol. The molecule has 2 heterocycles. The Morgan fingerprint density at radius 3 is 2.20 bits per heavy atom. The fraction of sp³-hybridized carbons (Fsp3) is 0.588. The number of amides is 1. The van der Waals surface area contributed by atoms with Crippen LogP contribution in [0.5, 0.6) is 0 Å². The average Bonchev–Trinajstić information content (AvgIpc) is 2.61. The smallest absolute Gasteiger partial charge is 0.253 e. The number of nitrogens with zero attached hydrogens (tertiary/aromatic N) is 2. The summed E-state index contributed by atoms with van der Waals surface area (Å²) < 4.78 is 32.7. The summed E-state index contributed by atoms with van der Waals surface area (Å²) in [6.07, 6.45) is -0.265. The molecule has 7 nitrogen and oxygen atoms in total. The summed E-state index contributed by atoms with van der Waals surface area (Å²) in [7, 11) is -3.58. The van der Waals surface area contributed by atoms with Gasteiger partial charge < -0.3 is 15.0 Å². The van der Waals surface area contributed by atoms with E-state index in [9.17, 15) is 13.2 Å². The molecule has 1 aromatic rings. The summed E-state index contributed by atoms with van der Waals surface area (Å²) in [5.74, 6) is -0.0564. The Bertz CT molecular complexity index is 704. The Hall–Kier alpha value is -1.48. The Morgan fingerprint density at radius 1 is 1.08 bits per heavy atom. The normalized spacial score (nSPS) is 25.8. The molecule has 2 aliphatic heterocycles. The van der Waals surface area contributed by atoms with Crippen LogP contribution in [0.15, 0.2) is 29.2 Å². The van der Waals surface area contributed by atoms with Crippen molar-refractivity contribution in [3.8, 4) is 0 Å². The maximum absolute atomic E-state index is 12.8. The molecule has 2 atom stereocenters. The summed E-state index contributed by atoms with van der Waals surface area (Å²) in [4.78, 5) is 14.5. The van der Waals surface area contributed by atoms with Crippen molar-refractivity contribution in [2.75, 3.05) is 39.3 Å². The zero-order chi connectivity index (χ0) is 18.0. The molecule has 1 N–H and O–H groups in total. The highest BCUT2D eigenvalue weighted by Gasteiger charge is 2.32. The van der Waals surface area contributed by atoms with Gasteiger partial charge in [0.1, 0.15) is 0 Å². The first kappa shape index (κ1) is 18.3. The minimum atomic E-state index is -3.58. The molecule has 8 heteroatoms. The highest BCUT2D eigenvalue weighted by Crippen LogP contribution is 2.21. The van der Waals surface area contributed by atoms with Crippen LogP contribution in [-0.2, 0) is 14.8 Å².